The van der Waals surface area contributed by atoms with Crippen LogP contribution in [0.2, 0.25) is 5.02 Å². The van der Waals surface area contributed by atoms with Crippen molar-refractivity contribution in [3.8, 4) is 0 Å². The molecule has 0 spiro atoms. The maximum Gasteiger partial charge on any atom is 0.272 e. The zero-order chi connectivity index (χ0) is 18.6. The number of nitrogens with one attached hydrogen (secondary N) is 1. The predicted molar refractivity (Wildman–Crippen MR) is 103 cm³/mol. The van der Waals surface area contributed by atoms with E-state index in [0.717, 1.165) is 22.2 Å². The molecule has 136 valence electrons. The van der Waals surface area contributed by atoms with Gasteiger partial charge in [-0.15, -0.1) is 0 Å². The largest absolute Gasteiger partial charge is 0.361 e. The van der Waals surface area contributed by atoms with Crippen LogP contribution in [-0.4, -0.2) is 27.4 Å². The van der Waals surface area contributed by atoms with Crippen molar-refractivity contribution in [1.82, 2.24) is 20.3 Å². The number of amides is 1. The van der Waals surface area contributed by atoms with E-state index in [4.69, 9.17) is 16.1 Å². The molecule has 0 unspecified atom stereocenters. The summed E-state index contributed by atoms with van der Waals surface area (Å²) in [6, 6.07) is 17.1. The van der Waals surface area contributed by atoms with Crippen LogP contribution in [-0.2, 0) is 13.0 Å². The van der Waals surface area contributed by atoms with Crippen LogP contribution in [0.5, 0.6) is 0 Å². The van der Waals surface area contributed by atoms with Crippen LogP contribution in [0, 0.1) is 0 Å². The third-order valence-electron chi connectivity index (χ3n) is 4.27. The van der Waals surface area contributed by atoms with E-state index in [1.54, 1.807) is 12.3 Å². The summed E-state index contributed by atoms with van der Waals surface area (Å²) in [5, 5.41) is 12.6. The molecule has 0 bridgehead atoms. The molecular weight excluding hydrogens is 364 g/mol. The molecule has 6 nitrogen and oxygen atoms in total. The molecule has 0 saturated carbocycles. The number of rotatable bonds is 6. The lowest BCUT2D eigenvalue weighted by Gasteiger charge is -2.04. The molecule has 1 amide bonds. The molecule has 0 radical (unpaired) electrons. The number of hydrogen-bond acceptors (Lipinski definition) is 4. The van der Waals surface area contributed by atoms with Crippen molar-refractivity contribution in [2.75, 3.05) is 6.54 Å². The van der Waals surface area contributed by atoms with Gasteiger partial charge in [-0.2, -0.15) is 5.10 Å². The second kappa shape index (κ2) is 7.63. The minimum Gasteiger partial charge on any atom is -0.361 e. The lowest BCUT2D eigenvalue weighted by atomic mass is 10.2. The Balaban J connectivity index is 1.55. The molecule has 0 aliphatic heterocycles. The minimum absolute atomic E-state index is 0.208. The quantitative estimate of drug-likeness (QED) is 0.553. The molecule has 0 atom stereocenters. The van der Waals surface area contributed by atoms with Gasteiger partial charge >= 0.3 is 0 Å². The van der Waals surface area contributed by atoms with Crippen molar-refractivity contribution < 1.29 is 9.32 Å². The third-order valence-corrected chi connectivity index (χ3v) is 4.52. The Morgan fingerprint density at radius 1 is 1.11 bits per heavy atom. The Hall–Kier alpha value is -3.12. The highest BCUT2D eigenvalue weighted by Gasteiger charge is 2.17. The van der Waals surface area contributed by atoms with E-state index in [1.807, 2.05) is 53.2 Å². The first kappa shape index (κ1) is 17.3. The summed E-state index contributed by atoms with van der Waals surface area (Å²) < 4.78 is 6.88. The van der Waals surface area contributed by atoms with Gasteiger partial charge in [0, 0.05) is 29.4 Å². The highest BCUT2D eigenvalue weighted by atomic mass is 35.5. The van der Waals surface area contributed by atoms with Crippen molar-refractivity contribution in [2.24, 2.45) is 0 Å². The summed E-state index contributed by atoms with van der Waals surface area (Å²) >= 11 is 5.95. The normalized spacial score (nSPS) is 11.0. The van der Waals surface area contributed by atoms with Crippen LogP contribution in [0.3, 0.4) is 0 Å². The van der Waals surface area contributed by atoms with Gasteiger partial charge in [0.15, 0.2) is 5.69 Å². The monoisotopic (exact) mass is 380 g/mol. The predicted octanol–water partition coefficient (Wildman–Crippen LogP) is 3.70. The van der Waals surface area contributed by atoms with Crippen LogP contribution in [0.25, 0.3) is 10.9 Å². The van der Waals surface area contributed by atoms with Crippen LogP contribution >= 0.6 is 11.6 Å². The van der Waals surface area contributed by atoms with Gasteiger partial charge in [-0.25, -0.2) is 0 Å². The smallest absolute Gasteiger partial charge is 0.272 e. The third kappa shape index (κ3) is 3.85. The summed E-state index contributed by atoms with van der Waals surface area (Å²) in [6.07, 6.45) is 2.16. The molecule has 4 aromatic rings. The molecule has 2 heterocycles. The summed E-state index contributed by atoms with van der Waals surface area (Å²) in [4.78, 5) is 12.6. The Labute approximate surface area is 160 Å². The molecule has 0 saturated heterocycles. The van der Waals surface area contributed by atoms with Crippen LogP contribution in [0.4, 0.5) is 0 Å². The summed E-state index contributed by atoms with van der Waals surface area (Å²) in [6.45, 7) is 1.01. The number of carbonyl (C=O) groups is 1. The minimum atomic E-state index is -0.208. The fourth-order valence-corrected chi connectivity index (χ4v) is 3.06. The first-order valence-corrected chi connectivity index (χ1v) is 8.96. The van der Waals surface area contributed by atoms with Gasteiger partial charge < -0.3 is 9.84 Å². The Kier molecular flexibility index (Phi) is 4.89. The fraction of sp³-hybridized carbons (Fsp3) is 0.150. The summed E-state index contributed by atoms with van der Waals surface area (Å²) in [7, 11) is 0. The molecule has 0 aliphatic carbocycles. The van der Waals surface area contributed by atoms with Gasteiger partial charge in [-0.05, 0) is 23.8 Å². The van der Waals surface area contributed by atoms with Gasteiger partial charge in [-0.3, -0.25) is 9.48 Å². The van der Waals surface area contributed by atoms with E-state index >= 15 is 0 Å². The molecule has 1 N–H and O–H groups in total. The van der Waals surface area contributed by atoms with E-state index in [1.165, 1.54) is 0 Å². The number of carbonyl (C=O) groups excluding carboxylic acids is 1. The first-order chi connectivity index (χ1) is 13.2. The molecule has 2 aromatic carbocycles. The van der Waals surface area contributed by atoms with Crippen LogP contribution < -0.4 is 5.32 Å². The van der Waals surface area contributed by atoms with E-state index < -0.39 is 0 Å². The standard InChI is InChI=1S/C20H17ClN4O2/c21-15-7-5-14(6-8-15)13-25-18-4-2-1-3-17(18)19(24-25)20(26)22-11-9-16-10-12-23-27-16/h1-8,10,12H,9,11,13H2,(H,22,26). The molecular formula is C20H17ClN4O2. The van der Waals surface area contributed by atoms with E-state index in [-0.39, 0.29) is 5.91 Å². The van der Waals surface area contributed by atoms with Gasteiger partial charge in [0.2, 0.25) is 0 Å². The van der Waals surface area contributed by atoms with E-state index in [2.05, 4.69) is 15.6 Å². The topological polar surface area (TPSA) is 73.0 Å². The van der Waals surface area contributed by atoms with Crippen molar-refractivity contribution >= 4 is 28.4 Å². The highest BCUT2D eigenvalue weighted by Crippen LogP contribution is 2.20. The zero-order valence-electron chi connectivity index (χ0n) is 14.4. The molecule has 4 rings (SSSR count). The molecule has 7 heteroatoms. The zero-order valence-corrected chi connectivity index (χ0v) is 15.2. The van der Waals surface area contributed by atoms with Crippen molar-refractivity contribution in [2.45, 2.75) is 13.0 Å². The van der Waals surface area contributed by atoms with Gasteiger partial charge in [0.05, 0.1) is 18.3 Å². The van der Waals surface area contributed by atoms with E-state index in [9.17, 15) is 4.79 Å². The second-order valence-corrected chi connectivity index (χ2v) is 6.57. The molecule has 0 fully saturated rings. The van der Waals surface area contributed by atoms with Gasteiger partial charge in [0.25, 0.3) is 5.91 Å². The van der Waals surface area contributed by atoms with Gasteiger partial charge in [0.1, 0.15) is 5.76 Å². The fourth-order valence-electron chi connectivity index (χ4n) is 2.93. The Bertz CT molecular complexity index is 1060. The van der Waals surface area contributed by atoms with Crippen LogP contribution in [0.1, 0.15) is 21.8 Å². The molecule has 27 heavy (non-hydrogen) atoms. The van der Waals surface area contributed by atoms with E-state index in [0.29, 0.717) is 30.2 Å². The van der Waals surface area contributed by atoms with Crippen molar-refractivity contribution in [3.63, 3.8) is 0 Å². The number of fused-ring (bicyclic) bond motifs is 1. The molecule has 0 aliphatic rings. The van der Waals surface area contributed by atoms with Crippen LogP contribution in [0.15, 0.2) is 65.3 Å². The number of para-hydroxylation sites is 1. The Morgan fingerprint density at radius 3 is 2.70 bits per heavy atom. The first-order valence-electron chi connectivity index (χ1n) is 8.58. The average molecular weight is 381 g/mol. The number of nitrogens with zero attached hydrogens (tertiary/aromatic N) is 3. The summed E-state index contributed by atoms with van der Waals surface area (Å²) in [5.41, 5.74) is 2.38. The van der Waals surface area contributed by atoms with Crippen molar-refractivity contribution in [1.29, 1.82) is 0 Å². The SMILES string of the molecule is O=C(NCCc1ccno1)c1nn(Cc2ccc(Cl)cc2)c2ccccc12. The van der Waals surface area contributed by atoms with Gasteiger partial charge in [-0.1, -0.05) is 47.1 Å². The molecule has 2 aromatic heterocycles. The summed E-state index contributed by atoms with van der Waals surface area (Å²) in [5.74, 6) is 0.522. The Morgan fingerprint density at radius 2 is 1.93 bits per heavy atom. The lowest BCUT2D eigenvalue weighted by molar-refractivity contribution is 0.0949. The highest BCUT2D eigenvalue weighted by molar-refractivity contribution is 6.30. The second-order valence-electron chi connectivity index (χ2n) is 6.13. The number of aromatic nitrogens is 3. The maximum atomic E-state index is 12.6. The maximum absolute atomic E-state index is 12.6. The number of hydrogen-bond donors (Lipinski definition) is 1. The van der Waals surface area contributed by atoms with Crippen molar-refractivity contribution in [3.05, 3.63) is 82.8 Å². The number of halogens is 1. The lowest BCUT2D eigenvalue weighted by Crippen LogP contribution is -2.26. The average Bonchev–Trinajstić information content (AvgIpc) is 3.32. The number of benzene rings is 2.